The Labute approximate surface area is 118 Å². The molecule has 0 aliphatic heterocycles. The molecule has 0 unspecified atom stereocenters. The van der Waals surface area contributed by atoms with Crippen molar-refractivity contribution in [1.29, 1.82) is 0 Å². The van der Waals surface area contributed by atoms with E-state index in [1.165, 1.54) is 10.4 Å². The van der Waals surface area contributed by atoms with Gasteiger partial charge in [0.1, 0.15) is 17.4 Å². The van der Waals surface area contributed by atoms with E-state index in [-0.39, 0.29) is 0 Å². The number of hydrogen-bond donors (Lipinski definition) is 1. The third kappa shape index (κ3) is 4.65. The molecule has 0 bridgehead atoms. The Morgan fingerprint density at radius 3 is 2.68 bits per heavy atom. The smallest absolute Gasteiger partial charge is 0.140 e. The van der Waals surface area contributed by atoms with Crippen molar-refractivity contribution in [2.75, 3.05) is 0 Å². The van der Waals surface area contributed by atoms with Crippen molar-refractivity contribution >= 4 is 11.3 Å². The lowest BCUT2D eigenvalue weighted by molar-refractivity contribution is 0.305. The lowest BCUT2D eigenvalue weighted by Gasteiger charge is -2.05. The summed E-state index contributed by atoms with van der Waals surface area (Å²) >= 11 is 1.70. The summed E-state index contributed by atoms with van der Waals surface area (Å²) in [4.78, 5) is 5.63. The Kier molecular flexibility index (Phi) is 4.93. The van der Waals surface area contributed by atoms with Gasteiger partial charge in [-0.05, 0) is 19.1 Å². The number of ether oxygens (including phenoxy) is 1. The van der Waals surface area contributed by atoms with Crippen LogP contribution in [0, 0.1) is 6.92 Å². The first-order valence-corrected chi connectivity index (χ1v) is 7.31. The van der Waals surface area contributed by atoms with Gasteiger partial charge in [-0.15, -0.1) is 11.3 Å². The van der Waals surface area contributed by atoms with E-state index in [1.807, 2.05) is 18.3 Å². The molecule has 4 heteroatoms. The predicted molar refractivity (Wildman–Crippen MR) is 79.6 cm³/mol. The molecule has 3 nitrogen and oxygen atoms in total. The standard InChI is InChI=1S/C15H20N2OS/c1-11(2)16-8-14-9-17-15(19-14)10-18-13-6-4-12(3)5-7-13/h4-7,9,11,16H,8,10H2,1-3H3. The molecule has 102 valence electrons. The van der Waals surface area contributed by atoms with Gasteiger partial charge in [0, 0.05) is 23.7 Å². The summed E-state index contributed by atoms with van der Waals surface area (Å²) in [5.41, 5.74) is 1.24. The second-order valence-corrected chi connectivity index (χ2v) is 6.06. The number of benzene rings is 1. The number of nitrogens with zero attached hydrogens (tertiary/aromatic N) is 1. The van der Waals surface area contributed by atoms with Crippen LogP contribution in [-0.4, -0.2) is 11.0 Å². The van der Waals surface area contributed by atoms with E-state index in [9.17, 15) is 0 Å². The zero-order valence-corrected chi connectivity index (χ0v) is 12.5. The first-order chi connectivity index (χ1) is 9.13. The van der Waals surface area contributed by atoms with Gasteiger partial charge in [0.2, 0.25) is 0 Å². The second kappa shape index (κ2) is 6.68. The summed E-state index contributed by atoms with van der Waals surface area (Å²) < 4.78 is 5.71. The quantitative estimate of drug-likeness (QED) is 0.876. The molecule has 0 atom stereocenters. The first kappa shape index (κ1) is 14.0. The first-order valence-electron chi connectivity index (χ1n) is 6.50. The largest absolute Gasteiger partial charge is 0.486 e. The van der Waals surface area contributed by atoms with Crippen molar-refractivity contribution in [1.82, 2.24) is 10.3 Å². The second-order valence-electron chi connectivity index (χ2n) is 4.86. The highest BCUT2D eigenvalue weighted by Gasteiger charge is 2.03. The summed E-state index contributed by atoms with van der Waals surface area (Å²) in [6.07, 6.45) is 1.92. The Balaban J connectivity index is 1.84. The van der Waals surface area contributed by atoms with E-state index in [0.29, 0.717) is 12.6 Å². The Morgan fingerprint density at radius 2 is 2.00 bits per heavy atom. The van der Waals surface area contributed by atoms with Crippen molar-refractivity contribution in [3.8, 4) is 5.75 Å². The van der Waals surface area contributed by atoms with Gasteiger partial charge >= 0.3 is 0 Å². The van der Waals surface area contributed by atoms with Crippen LogP contribution in [0.1, 0.15) is 29.3 Å². The molecule has 0 radical (unpaired) electrons. The summed E-state index contributed by atoms with van der Waals surface area (Å²) in [7, 11) is 0. The van der Waals surface area contributed by atoms with Crippen LogP contribution in [0.5, 0.6) is 5.75 Å². The summed E-state index contributed by atoms with van der Waals surface area (Å²) in [6.45, 7) is 7.76. The maximum Gasteiger partial charge on any atom is 0.140 e. The minimum absolute atomic E-state index is 0.495. The van der Waals surface area contributed by atoms with Gasteiger partial charge in [0.25, 0.3) is 0 Å². The molecule has 2 aromatic rings. The third-order valence-electron chi connectivity index (χ3n) is 2.67. The normalized spacial score (nSPS) is 10.9. The van der Waals surface area contributed by atoms with Gasteiger partial charge in [0.05, 0.1) is 0 Å². The van der Waals surface area contributed by atoms with Crippen LogP contribution in [0.4, 0.5) is 0 Å². The lowest BCUT2D eigenvalue weighted by atomic mass is 10.2. The van der Waals surface area contributed by atoms with E-state index in [2.05, 4.69) is 43.2 Å². The van der Waals surface area contributed by atoms with Gasteiger partial charge < -0.3 is 10.1 Å². The molecule has 1 aromatic heterocycles. The molecular weight excluding hydrogens is 256 g/mol. The summed E-state index contributed by atoms with van der Waals surface area (Å²) in [5.74, 6) is 0.891. The number of hydrogen-bond acceptors (Lipinski definition) is 4. The lowest BCUT2D eigenvalue weighted by Crippen LogP contribution is -2.21. The molecule has 19 heavy (non-hydrogen) atoms. The highest BCUT2D eigenvalue weighted by Crippen LogP contribution is 2.17. The van der Waals surface area contributed by atoms with Gasteiger partial charge in [-0.25, -0.2) is 4.98 Å². The zero-order chi connectivity index (χ0) is 13.7. The molecule has 2 rings (SSSR count). The fraction of sp³-hybridized carbons (Fsp3) is 0.400. The number of aromatic nitrogens is 1. The third-order valence-corrected chi connectivity index (χ3v) is 3.64. The minimum Gasteiger partial charge on any atom is -0.486 e. The van der Waals surface area contributed by atoms with Gasteiger partial charge in [0.15, 0.2) is 0 Å². The average Bonchev–Trinajstić information content (AvgIpc) is 2.84. The maximum absolute atomic E-state index is 5.71. The average molecular weight is 276 g/mol. The molecular formula is C15H20N2OS. The van der Waals surface area contributed by atoms with Crippen LogP contribution >= 0.6 is 11.3 Å². The van der Waals surface area contributed by atoms with Crippen LogP contribution in [0.15, 0.2) is 30.5 Å². The number of rotatable bonds is 6. The Bertz CT molecular complexity index is 505. The topological polar surface area (TPSA) is 34.1 Å². The van der Waals surface area contributed by atoms with Crippen LogP contribution in [0.3, 0.4) is 0 Å². The van der Waals surface area contributed by atoms with Gasteiger partial charge in [-0.3, -0.25) is 0 Å². The molecule has 0 saturated heterocycles. The minimum atomic E-state index is 0.495. The van der Waals surface area contributed by atoms with Crippen molar-refractivity contribution in [3.63, 3.8) is 0 Å². The highest BCUT2D eigenvalue weighted by molar-refractivity contribution is 7.11. The van der Waals surface area contributed by atoms with Crippen LogP contribution < -0.4 is 10.1 Å². The van der Waals surface area contributed by atoms with E-state index in [4.69, 9.17) is 4.74 Å². The van der Waals surface area contributed by atoms with Crippen LogP contribution in [0.2, 0.25) is 0 Å². The van der Waals surface area contributed by atoms with Gasteiger partial charge in [-0.1, -0.05) is 31.5 Å². The van der Waals surface area contributed by atoms with Gasteiger partial charge in [-0.2, -0.15) is 0 Å². The van der Waals surface area contributed by atoms with Crippen molar-refractivity contribution in [2.45, 2.75) is 40.0 Å². The van der Waals surface area contributed by atoms with E-state index < -0.39 is 0 Å². The van der Waals surface area contributed by atoms with Crippen LogP contribution in [-0.2, 0) is 13.2 Å². The number of aryl methyl sites for hydroxylation is 1. The van der Waals surface area contributed by atoms with E-state index in [1.54, 1.807) is 11.3 Å². The molecule has 0 spiro atoms. The zero-order valence-electron chi connectivity index (χ0n) is 11.6. The SMILES string of the molecule is Cc1ccc(OCc2ncc(CNC(C)C)s2)cc1. The van der Waals surface area contributed by atoms with Crippen molar-refractivity contribution in [2.24, 2.45) is 0 Å². The molecule has 0 amide bonds. The molecule has 1 heterocycles. The van der Waals surface area contributed by atoms with Crippen LogP contribution in [0.25, 0.3) is 0 Å². The number of nitrogens with one attached hydrogen (secondary N) is 1. The molecule has 0 aliphatic rings. The molecule has 0 fully saturated rings. The fourth-order valence-electron chi connectivity index (χ4n) is 1.58. The number of thiazole rings is 1. The Morgan fingerprint density at radius 1 is 1.26 bits per heavy atom. The predicted octanol–water partition coefficient (Wildman–Crippen LogP) is 3.53. The summed E-state index contributed by atoms with van der Waals surface area (Å²) in [5, 5.41) is 4.40. The van der Waals surface area contributed by atoms with E-state index in [0.717, 1.165) is 17.3 Å². The Hall–Kier alpha value is -1.39. The monoisotopic (exact) mass is 276 g/mol. The van der Waals surface area contributed by atoms with Crippen molar-refractivity contribution < 1.29 is 4.74 Å². The fourth-order valence-corrected chi connectivity index (χ4v) is 2.37. The van der Waals surface area contributed by atoms with E-state index >= 15 is 0 Å². The maximum atomic E-state index is 5.71. The highest BCUT2D eigenvalue weighted by atomic mass is 32.1. The molecule has 1 aromatic carbocycles. The molecule has 0 aliphatic carbocycles. The van der Waals surface area contributed by atoms with Crippen molar-refractivity contribution in [3.05, 3.63) is 45.9 Å². The summed E-state index contributed by atoms with van der Waals surface area (Å²) in [6, 6.07) is 8.58. The molecule has 0 saturated carbocycles. The molecule has 1 N–H and O–H groups in total.